The average Bonchev–Trinajstić information content (AvgIpc) is 3.08. The highest BCUT2D eigenvalue weighted by molar-refractivity contribution is 7.17. The molecule has 1 aliphatic rings. The summed E-state index contributed by atoms with van der Waals surface area (Å²) in [5, 5.41) is 3.47. The van der Waals surface area contributed by atoms with Crippen molar-refractivity contribution in [2.24, 2.45) is 11.3 Å². The molecule has 1 atom stereocenters. The lowest BCUT2D eigenvalue weighted by Gasteiger charge is -2.33. The maximum atomic E-state index is 12.9. The number of nitrogens with one attached hydrogen (secondary N) is 1. The van der Waals surface area contributed by atoms with Gasteiger partial charge in [-0.05, 0) is 54.4 Å². The molecule has 0 radical (unpaired) electrons. The second-order valence-corrected chi connectivity index (χ2v) is 9.63. The molecule has 0 saturated carbocycles. The number of ether oxygens (including phenoxy) is 3. The summed E-state index contributed by atoms with van der Waals surface area (Å²) in [6.45, 7) is 6.74. The minimum atomic E-state index is -0.413. The fourth-order valence-corrected chi connectivity index (χ4v) is 5.19. The fourth-order valence-electron chi connectivity index (χ4n) is 3.88. The standard InChI is InChI=1S/C23H29NO5S/c1-23(2,3)14-8-9-15-18(12-14)30-21(19(15)22(26)29-6)24-20(25)13-7-10-16(27-4)17(11-13)28-5/h7,10-11,14H,8-9,12H2,1-6H3,(H,24,25)/t14-/m1/s1. The zero-order valence-electron chi connectivity index (χ0n) is 18.4. The van der Waals surface area contributed by atoms with Gasteiger partial charge in [0.1, 0.15) is 5.00 Å². The highest BCUT2D eigenvalue weighted by Gasteiger charge is 2.34. The van der Waals surface area contributed by atoms with Gasteiger partial charge in [-0.15, -0.1) is 11.3 Å². The number of amides is 1. The van der Waals surface area contributed by atoms with Crippen molar-refractivity contribution >= 4 is 28.2 Å². The van der Waals surface area contributed by atoms with Gasteiger partial charge in [-0.25, -0.2) is 4.79 Å². The van der Waals surface area contributed by atoms with Crippen molar-refractivity contribution in [3.63, 3.8) is 0 Å². The maximum Gasteiger partial charge on any atom is 0.341 e. The molecule has 0 fully saturated rings. The molecular weight excluding hydrogens is 402 g/mol. The molecule has 0 aliphatic heterocycles. The van der Waals surface area contributed by atoms with Crippen LogP contribution in [-0.2, 0) is 17.6 Å². The second-order valence-electron chi connectivity index (χ2n) is 8.53. The van der Waals surface area contributed by atoms with E-state index < -0.39 is 5.97 Å². The molecule has 30 heavy (non-hydrogen) atoms. The summed E-state index contributed by atoms with van der Waals surface area (Å²) < 4.78 is 15.6. The number of fused-ring (bicyclic) bond motifs is 1. The van der Waals surface area contributed by atoms with E-state index in [1.807, 2.05) is 0 Å². The van der Waals surface area contributed by atoms with Crippen molar-refractivity contribution in [3.8, 4) is 11.5 Å². The van der Waals surface area contributed by atoms with Gasteiger partial charge < -0.3 is 19.5 Å². The van der Waals surface area contributed by atoms with E-state index in [0.717, 1.165) is 29.7 Å². The van der Waals surface area contributed by atoms with Gasteiger partial charge in [-0.3, -0.25) is 4.79 Å². The van der Waals surface area contributed by atoms with Crippen LogP contribution in [0.4, 0.5) is 5.00 Å². The molecule has 0 saturated heterocycles. The number of hydrogen-bond acceptors (Lipinski definition) is 6. The molecule has 162 valence electrons. The summed E-state index contributed by atoms with van der Waals surface area (Å²) in [6, 6.07) is 4.97. The lowest BCUT2D eigenvalue weighted by atomic mass is 9.72. The molecule has 0 unspecified atom stereocenters. The van der Waals surface area contributed by atoms with Crippen molar-refractivity contribution in [1.29, 1.82) is 0 Å². The number of thiophene rings is 1. The van der Waals surface area contributed by atoms with E-state index in [9.17, 15) is 9.59 Å². The second kappa shape index (κ2) is 8.68. The molecule has 7 heteroatoms. The van der Waals surface area contributed by atoms with Crippen LogP contribution in [0, 0.1) is 11.3 Å². The monoisotopic (exact) mass is 431 g/mol. The van der Waals surface area contributed by atoms with Crippen LogP contribution in [0.2, 0.25) is 0 Å². The van der Waals surface area contributed by atoms with Crippen molar-refractivity contribution in [1.82, 2.24) is 0 Å². The van der Waals surface area contributed by atoms with Gasteiger partial charge in [-0.1, -0.05) is 20.8 Å². The van der Waals surface area contributed by atoms with Crippen molar-refractivity contribution in [2.45, 2.75) is 40.0 Å². The van der Waals surface area contributed by atoms with E-state index in [1.54, 1.807) is 25.3 Å². The lowest BCUT2D eigenvalue weighted by molar-refractivity contribution is 0.0600. The Kier molecular flexibility index (Phi) is 6.41. The Morgan fingerprint density at radius 3 is 2.40 bits per heavy atom. The van der Waals surface area contributed by atoms with Crippen LogP contribution in [0.25, 0.3) is 0 Å². The van der Waals surface area contributed by atoms with Crippen LogP contribution >= 0.6 is 11.3 Å². The largest absolute Gasteiger partial charge is 0.493 e. The molecule has 6 nitrogen and oxygen atoms in total. The first-order valence-corrected chi connectivity index (χ1v) is 10.8. The highest BCUT2D eigenvalue weighted by atomic mass is 32.1. The number of esters is 1. The highest BCUT2D eigenvalue weighted by Crippen LogP contribution is 2.44. The minimum Gasteiger partial charge on any atom is -0.493 e. The van der Waals surface area contributed by atoms with Crippen LogP contribution in [0.1, 0.15) is 58.3 Å². The third-order valence-electron chi connectivity index (χ3n) is 5.75. The number of hydrogen-bond donors (Lipinski definition) is 1. The molecular formula is C23H29NO5S. The Balaban J connectivity index is 1.93. The van der Waals surface area contributed by atoms with E-state index in [0.29, 0.717) is 33.5 Å². The van der Waals surface area contributed by atoms with E-state index in [4.69, 9.17) is 14.2 Å². The van der Waals surface area contributed by atoms with Crippen molar-refractivity contribution in [2.75, 3.05) is 26.6 Å². The smallest absolute Gasteiger partial charge is 0.341 e. The van der Waals surface area contributed by atoms with E-state index >= 15 is 0 Å². The molecule has 0 spiro atoms. The first-order chi connectivity index (χ1) is 14.2. The number of methoxy groups -OCH3 is 3. The Hall–Kier alpha value is -2.54. The van der Waals surface area contributed by atoms with E-state index in [1.165, 1.54) is 25.6 Å². The summed E-state index contributed by atoms with van der Waals surface area (Å²) in [4.78, 5) is 26.6. The molecule has 0 bridgehead atoms. The summed E-state index contributed by atoms with van der Waals surface area (Å²) in [5.74, 6) is 0.820. The molecule has 2 aromatic rings. The molecule has 1 heterocycles. The van der Waals surface area contributed by atoms with Crippen LogP contribution in [0.5, 0.6) is 11.5 Å². The van der Waals surface area contributed by atoms with Gasteiger partial charge in [0, 0.05) is 10.4 Å². The molecule has 1 aromatic heterocycles. The normalized spacial score (nSPS) is 15.9. The third-order valence-corrected chi connectivity index (χ3v) is 6.92. The SMILES string of the molecule is COC(=O)c1c(NC(=O)c2ccc(OC)c(OC)c2)sc2c1CC[C@@H](C(C)(C)C)C2. The summed E-state index contributed by atoms with van der Waals surface area (Å²) in [5.41, 5.74) is 2.10. The first kappa shape index (κ1) is 22.2. The lowest BCUT2D eigenvalue weighted by Crippen LogP contribution is -2.26. The fraction of sp³-hybridized carbons (Fsp3) is 0.478. The number of carbonyl (C=O) groups excluding carboxylic acids is 2. The first-order valence-electron chi connectivity index (χ1n) is 9.95. The van der Waals surface area contributed by atoms with Gasteiger partial charge in [-0.2, -0.15) is 0 Å². The zero-order chi connectivity index (χ0) is 22.1. The molecule has 1 amide bonds. The summed E-state index contributed by atoms with van der Waals surface area (Å²) in [6.07, 6.45) is 2.73. The average molecular weight is 432 g/mol. The van der Waals surface area contributed by atoms with Crippen LogP contribution in [0.15, 0.2) is 18.2 Å². The predicted molar refractivity (Wildman–Crippen MR) is 118 cm³/mol. The Bertz CT molecular complexity index is 957. The van der Waals surface area contributed by atoms with Crippen molar-refractivity contribution < 1.29 is 23.8 Å². The number of carbonyl (C=O) groups is 2. The maximum absolute atomic E-state index is 12.9. The molecule has 1 aliphatic carbocycles. The number of rotatable bonds is 5. The van der Waals surface area contributed by atoms with Gasteiger partial charge >= 0.3 is 5.97 Å². The Labute approximate surface area is 181 Å². The van der Waals surface area contributed by atoms with Gasteiger partial charge in [0.25, 0.3) is 5.91 Å². The van der Waals surface area contributed by atoms with E-state index in [2.05, 4.69) is 26.1 Å². The predicted octanol–water partition coefficient (Wildman–Crippen LogP) is 4.96. The van der Waals surface area contributed by atoms with Crippen LogP contribution in [0.3, 0.4) is 0 Å². The van der Waals surface area contributed by atoms with Crippen LogP contribution in [-0.4, -0.2) is 33.2 Å². The quantitative estimate of drug-likeness (QED) is 0.678. The summed E-state index contributed by atoms with van der Waals surface area (Å²) in [7, 11) is 4.43. The Morgan fingerprint density at radius 2 is 1.80 bits per heavy atom. The third kappa shape index (κ3) is 4.31. The van der Waals surface area contributed by atoms with Gasteiger partial charge in [0.2, 0.25) is 0 Å². The van der Waals surface area contributed by atoms with Gasteiger partial charge in [0.15, 0.2) is 11.5 Å². The Morgan fingerprint density at radius 1 is 1.10 bits per heavy atom. The zero-order valence-corrected chi connectivity index (χ0v) is 19.2. The molecule has 1 aromatic carbocycles. The number of anilines is 1. The summed E-state index contributed by atoms with van der Waals surface area (Å²) >= 11 is 1.48. The number of benzene rings is 1. The van der Waals surface area contributed by atoms with Crippen LogP contribution < -0.4 is 14.8 Å². The van der Waals surface area contributed by atoms with Gasteiger partial charge in [0.05, 0.1) is 26.9 Å². The topological polar surface area (TPSA) is 73.9 Å². The molecule has 1 N–H and O–H groups in total. The minimum absolute atomic E-state index is 0.191. The molecule has 3 rings (SSSR count). The van der Waals surface area contributed by atoms with E-state index in [-0.39, 0.29) is 11.3 Å². The van der Waals surface area contributed by atoms with Crippen molar-refractivity contribution in [3.05, 3.63) is 39.8 Å².